The molecule has 10 heteroatoms. The first-order chi connectivity index (χ1) is 17.8. The minimum Gasteiger partial charge on any atom is -0.496 e. The van der Waals surface area contributed by atoms with Gasteiger partial charge >= 0.3 is 0 Å². The maximum absolute atomic E-state index is 13.5. The van der Waals surface area contributed by atoms with E-state index in [1.807, 2.05) is 19.9 Å². The summed E-state index contributed by atoms with van der Waals surface area (Å²) < 4.78 is 32.5. The maximum Gasteiger partial charge on any atom is 0.263 e. The Labute approximate surface area is 217 Å². The van der Waals surface area contributed by atoms with E-state index >= 15 is 0 Å². The molecule has 1 aliphatic carbocycles. The molecule has 37 heavy (non-hydrogen) atoms. The molecule has 1 aliphatic rings. The lowest BCUT2D eigenvalue weighted by molar-refractivity contribution is 0.0984. The van der Waals surface area contributed by atoms with Crippen molar-refractivity contribution in [1.29, 1.82) is 0 Å². The van der Waals surface area contributed by atoms with Crippen LogP contribution in [0, 0.1) is 17.8 Å². The van der Waals surface area contributed by atoms with Crippen molar-refractivity contribution >= 4 is 28.2 Å². The number of hydrogen-bond donors (Lipinski definition) is 1. The Morgan fingerprint density at radius 2 is 2.03 bits per heavy atom. The van der Waals surface area contributed by atoms with Crippen molar-refractivity contribution in [2.24, 2.45) is 5.92 Å². The monoisotopic (exact) mass is 522 g/mol. The van der Waals surface area contributed by atoms with Gasteiger partial charge in [0.15, 0.2) is 10.8 Å². The Morgan fingerprint density at radius 3 is 2.70 bits per heavy atom. The van der Waals surface area contributed by atoms with Crippen molar-refractivity contribution in [3.8, 4) is 28.7 Å². The first-order valence-corrected chi connectivity index (χ1v) is 12.4. The molecule has 0 atom stereocenters. The van der Waals surface area contributed by atoms with E-state index in [2.05, 4.69) is 32.3 Å². The molecule has 0 aliphatic heterocycles. The van der Waals surface area contributed by atoms with Gasteiger partial charge in [-0.1, -0.05) is 28.9 Å². The molecule has 4 rings (SSSR count). The van der Waals surface area contributed by atoms with Crippen LogP contribution in [0.15, 0.2) is 42.1 Å². The molecular weight excluding hydrogens is 498 g/mol. The van der Waals surface area contributed by atoms with Crippen LogP contribution in [0.2, 0.25) is 0 Å². The fourth-order valence-corrected chi connectivity index (χ4v) is 4.01. The fourth-order valence-electron chi connectivity index (χ4n) is 3.41. The molecular formula is C27H24F2N4O3S. The third-order valence-corrected chi connectivity index (χ3v) is 6.49. The summed E-state index contributed by atoms with van der Waals surface area (Å²) in [6.07, 6.45) is 2.63. The van der Waals surface area contributed by atoms with Crippen LogP contribution in [0.25, 0.3) is 11.1 Å². The molecule has 1 saturated carbocycles. The van der Waals surface area contributed by atoms with E-state index in [-0.39, 0.29) is 51.0 Å². The third-order valence-electron chi connectivity index (χ3n) is 5.74. The molecule has 1 fully saturated rings. The minimum atomic E-state index is -2.74. The highest BCUT2D eigenvalue weighted by molar-refractivity contribution is 7.15. The summed E-state index contributed by atoms with van der Waals surface area (Å²) in [4.78, 5) is 30.3. The van der Waals surface area contributed by atoms with Crippen molar-refractivity contribution in [2.75, 3.05) is 12.4 Å². The highest BCUT2D eigenvalue weighted by Gasteiger charge is 2.23. The van der Waals surface area contributed by atoms with Crippen LogP contribution in [0.3, 0.4) is 0 Å². The number of nitrogens with one attached hydrogen (secondary N) is 1. The second-order valence-electron chi connectivity index (χ2n) is 8.52. The minimum absolute atomic E-state index is 0.0600. The predicted molar refractivity (Wildman–Crippen MR) is 137 cm³/mol. The highest BCUT2D eigenvalue weighted by Crippen LogP contribution is 2.36. The molecule has 0 radical (unpaired) electrons. The zero-order valence-electron chi connectivity index (χ0n) is 20.5. The van der Waals surface area contributed by atoms with Crippen LogP contribution in [0.1, 0.15) is 71.0 Å². The number of aromatic nitrogens is 3. The van der Waals surface area contributed by atoms with E-state index < -0.39 is 12.3 Å². The third kappa shape index (κ3) is 6.43. The van der Waals surface area contributed by atoms with Crippen LogP contribution in [-0.4, -0.2) is 34.0 Å². The van der Waals surface area contributed by atoms with E-state index in [1.165, 1.54) is 37.6 Å². The van der Waals surface area contributed by atoms with Crippen LogP contribution < -0.4 is 10.1 Å². The average molecular weight is 523 g/mol. The predicted octanol–water partition coefficient (Wildman–Crippen LogP) is 6.10. The average Bonchev–Trinajstić information content (AvgIpc) is 3.63. The SMILES string of the molecule is C/C=C(\C)CC(=O)c1cc(-c2cc(C(F)F)ccc2OC)c(C(=O)Nc2nnc(C#CC3CC3)s2)cn1. The lowest BCUT2D eigenvalue weighted by atomic mass is 9.96. The molecule has 2 heterocycles. The number of carbonyl (C=O) groups excluding carboxylic acids is 2. The Bertz CT molecular complexity index is 1430. The fraction of sp³-hybridized carbons (Fsp3) is 0.296. The van der Waals surface area contributed by atoms with Crippen LogP contribution in [-0.2, 0) is 0 Å². The number of carbonyl (C=O) groups is 2. The largest absolute Gasteiger partial charge is 0.496 e. The van der Waals surface area contributed by atoms with Gasteiger partial charge in [0.1, 0.15) is 11.4 Å². The number of anilines is 1. The number of methoxy groups -OCH3 is 1. The summed E-state index contributed by atoms with van der Waals surface area (Å²) in [7, 11) is 1.40. The summed E-state index contributed by atoms with van der Waals surface area (Å²) in [6, 6.07) is 5.33. The van der Waals surface area contributed by atoms with Crippen molar-refractivity contribution in [3.05, 3.63) is 63.9 Å². The van der Waals surface area contributed by atoms with Crippen molar-refractivity contribution in [2.45, 2.75) is 39.5 Å². The number of amides is 1. The molecule has 0 saturated heterocycles. The van der Waals surface area contributed by atoms with Crippen LogP contribution in [0.5, 0.6) is 5.75 Å². The van der Waals surface area contributed by atoms with Gasteiger partial charge in [-0.25, -0.2) is 8.78 Å². The standard InChI is InChI=1S/C27H24F2N4O3S/c1-4-15(2)11-22(34)21-13-18(19-12-17(25(28)29)8-9-23(19)36-3)20(14-30-21)26(35)31-27-33-32-24(37-27)10-7-16-5-6-16/h4,8-9,12-14,16,25H,5-6,11H2,1-3H3,(H,31,33,35)/b15-4+. The van der Waals surface area contributed by atoms with Gasteiger partial charge < -0.3 is 4.74 Å². The molecule has 2 aromatic heterocycles. The number of rotatable bonds is 8. The molecule has 3 aromatic rings. The first kappa shape index (κ1) is 26.1. The molecule has 190 valence electrons. The number of pyridine rings is 1. The van der Waals surface area contributed by atoms with Gasteiger partial charge in [-0.3, -0.25) is 19.9 Å². The van der Waals surface area contributed by atoms with Crippen LogP contribution >= 0.6 is 11.3 Å². The zero-order chi connectivity index (χ0) is 26.5. The first-order valence-electron chi connectivity index (χ1n) is 11.6. The molecule has 0 unspecified atom stereocenters. The summed E-state index contributed by atoms with van der Waals surface area (Å²) in [6.45, 7) is 3.65. The lowest BCUT2D eigenvalue weighted by Gasteiger charge is -2.15. The molecule has 1 aromatic carbocycles. The van der Waals surface area contributed by atoms with E-state index in [9.17, 15) is 18.4 Å². The van der Waals surface area contributed by atoms with Crippen molar-refractivity contribution < 1.29 is 23.1 Å². The van der Waals surface area contributed by atoms with Crippen molar-refractivity contribution in [1.82, 2.24) is 15.2 Å². The highest BCUT2D eigenvalue weighted by atomic mass is 32.1. The number of allylic oxidation sites excluding steroid dienone is 2. The molecule has 1 amide bonds. The Hall–Kier alpha value is -3.97. The summed E-state index contributed by atoms with van der Waals surface area (Å²) in [5, 5.41) is 11.3. The second kappa shape index (κ2) is 11.4. The number of ether oxygens (including phenoxy) is 1. The molecule has 0 bridgehead atoms. The lowest BCUT2D eigenvalue weighted by Crippen LogP contribution is -2.15. The molecule has 1 N–H and O–H groups in total. The smallest absolute Gasteiger partial charge is 0.263 e. The van der Waals surface area contributed by atoms with E-state index in [0.29, 0.717) is 10.9 Å². The topological polar surface area (TPSA) is 94.1 Å². The Kier molecular flexibility index (Phi) is 8.04. The van der Waals surface area contributed by atoms with E-state index in [4.69, 9.17) is 4.74 Å². The van der Waals surface area contributed by atoms with Gasteiger partial charge in [0.2, 0.25) is 5.13 Å². The van der Waals surface area contributed by atoms with E-state index in [0.717, 1.165) is 29.8 Å². The molecule has 0 spiro atoms. The second-order valence-corrected chi connectivity index (χ2v) is 9.50. The number of nitrogens with zero attached hydrogens (tertiary/aromatic N) is 3. The number of ketones is 1. The number of benzene rings is 1. The van der Waals surface area contributed by atoms with Gasteiger partial charge in [-0.05, 0) is 56.9 Å². The van der Waals surface area contributed by atoms with Gasteiger partial charge in [-0.15, -0.1) is 10.2 Å². The van der Waals surface area contributed by atoms with Gasteiger partial charge in [0, 0.05) is 35.2 Å². The Balaban J connectivity index is 1.74. The summed E-state index contributed by atoms with van der Waals surface area (Å²) >= 11 is 1.13. The van der Waals surface area contributed by atoms with E-state index in [1.54, 1.807) is 0 Å². The zero-order valence-corrected chi connectivity index (χ0v) is 21.3. The number of alkyl halides is 2. The van der Waals surface area contributed by atoms with Crippen LogP contribution in [0.4, 0.5) is 13.9 Å². The van der Waals surface area contributed by atoms with Gasteiger partial charge in [0.05, 0.1) is 12.7 Å². The van der Waals surface area contributed by atoms with Gasteiger partial charge in [-0.2, -0.15) is 0 Å². The van der Waals surface area contributed by atoms with Gasteiger partial charge in [0.25, 0.3) is 12.3 Å². The maximum atomic E-state index is 13.5. The number of halogens is 2. The molecule has 7 nitrogen and oxygen atoms in total. The number of Topliss-reactive ketones (excluding diaryl/α,β-unsaturated/α-hetero) is 1. The normalized spacial score (nSPS) is 13.2. The quantitative estimate of drug-likeness (QED) is 0.218. The summed E-state index contributed by atoms with van der Waals surface area (Å²) in [5.41, 5.74) is 1.23. The van der Waals surface area contributed by atoms with Crippen molar-refractivity contribution in [3.63, 3.8) is 0 Å². The number of hydrogen-bond acceptors (Lipinski definition) is 7. The summed E-state index contributed by atoms with van der Waals surface area (Å²) in [5.74, 6) is 5.84. The Morgan fingerprint density at radius 1 is 1.24 bits per heavy atom.